The number of rotatable bonds is 2. The number of nitrogens with zero attached hydrogens (tertiary/aromatic N) is 2. The predicted octanol–water partition coefficient (Wildman–Crippen LogP) is 2.78. The van der Waals surface area contributed by atoms with Crippen LogP contribution in [0.2, 0.25) is 0 Å². The summed E-state index contributed by atoms with van der Waals surface area (Å²) in [4.78, 5) is 16.3. The standard InChI is InChI=1S/C13H8F2N2OS/c14-9-2-1-8(5-10(9)15)6-17-7-16-11-3-4-19-12(11)13(17)18/h1-5,7H,6H2. The topological polar surface area (TPSA) is 34.9 Å². The van der Waals surface area contributed by atoms with Crippen molar-refractivity contribution >= 4 is 21.6 Å². The second-order valence-corrected chi connectivity index (χ2v) is 4.98. The van der Waals surface area contributed by atoms with E-state index in [1.165, 1.54) is 28.3 Å². The Labute approximate surface area is 110 Å². The molecule has 3 rings (SSSR count). The van der Waals surface area contributed by atoms with Gasteiger partial charge in [0.15, 0.2) is 11.6 Å². The number of thiophene rings is 1. The van der Waals surface area contributed by atoms with E-state index in [0.29, 0.717) is 15.8 Å². The Kier molecular flexibility index (Phi) is 2.87. The Morgan fingerprint density at radius 3 is 2.84 bits per heavy atom. The van der Waals surface area contributed by atoms with E-state index in [2.05, 4.69) is 4.98 Å². The monoisotopic (exact) mass is 278 g/mol. The molecule has 0 aliphatic rings. The SMILES string of the molecule is O=c1c2sccc2ncn1Cc1ccc(F)c(F)c1. The molecule has 0 fully saturated rings. The number of hydrogen-bond donors (Lipinski definition) is 0. The molecule has 96 valence electrons. The van der Waals surface area contributed by atoms with Crippen molar-refractivity contribution in [3.63, 3.8) is 0 Å². The fraction of sp³-hybridized carbons (Fsp3) is 0.0769. The molecule has 0 unspecified atom stereocenters. The van der Waals surface area contributed by atoms with E-state index in [-0.39, 0.29) is 12.1 Å². The molecule has 0 atom stereocenters. The number of benzene rings is 1. The van der Waals surface area contributed by atoms with Crippen LogP contribution in [0.25, 0.3) is 10.2 Å². The summed E-state index contributed by atoms with van der Waals surface area (Å²) in [7, 11) is 0. The van der Waals surface area contributed by atoms with Gasteiger partial charge < -0.3 is 0 Å². The molecule has 0 spiro atoms. The first-order valence-electron chi connectivity index (χ1n) is 5.52. The van der Waals surface area contributed by atoms with E-state index >= 15 is 0 Å². The molecular weight excluding hydrogens is 270 g/mol. The zero-order valence-corrected chi connectivity index (χ0v) is 10.5. The predicted molar refractivity (Wildman–Crippen MR) is 69.3 cm³/mol. The number of fused-ring (bicyclic) bond motifs is 1. The Morgan fingerprint density at radius 2 is 2.05 bits per heavy atom. The van der Waals surface area contributed by atoms with Gasteiger partial charge in [0.2, 0.25) is 0 Å². The summed E-state index contributed by atoms with van der Waals surface area (Å²) < 4.78 is 27.9. The van der Waals surface area contributed by atoms with E-state index < -0.39 is 11.6 Å². The molecule has 0 saturated carbocycles. The van der Waals surface area contributed by atoms with Crippen molar-refractivity contribution in [2.75, 3.05) is 0 Å². The van der Waals surface area contributed by atoms with Crippen molar-refractivity contribution in [3.05, 3.63) is 63.5 Å². The maximum atomic E-state index is 13.1. The van der Waals surface area contributed by atoms with Crippen LogP contribution in [0.5, 0.6) is 0 Å². The highest BCUT2D eigenvalue weighted by atomic mass is 32.1. The quantitative estimate of drug-likeness (QED) is 0.722. The summed E-state index contributed by atoms with van der Waals surface area (Å²) in [5, 5.41) is 1.79. The lowest BCUT2D eigenvalue weighted by Gasteiger charge is -2.05. The van der Waals surface area contributed by atoms with Gasteiger partial charge in [0.05, 0.1) is 18.4 Å². The zero-order chi connectivity index (χ0) is 13.4. The van der Waals surface area contributed by atoms with Gasteiger partial charge in [-0.05, 0) is 29.1 Å². The van der Waals surface area contributed by atoms with Gasteiger partial charge in [0.25, 0.3) is 5.56 Å². The third kappa shape index (κ3) is 2.15. The molecule has 19 heavy (non-hydrogen) atoms. The van der Waals surface area contributed by atoms with Gasteiger partial charge in [-0.3, -0.25) is 9.36 Å². The van der Waals surface area contributed by atoms with Crippen molar-refractivity contribution in [3.8, 4) is 0 Å². The van der Waals surface area contributed by atoms with Crippen LogP contribution in [-0.4, -0.2) is 9.55 Å². The Hall–Kier alpha value is -2.08. The van der Waals surface area contributed by atoms with Gasteiger partial charge in [0, 0.05) is 0 Å². The van der Waals surface area contributed by atoms with Crippen molar-refractivity contribution in [1.29, 1.82) is 0 Å². The molecular formula is C13H8F2N2OS. The Balaban J connectivity index is 2.03. The summed E-state index contributed by atoms with van der Waals surface area (Å²) in [5.41, 5.74) is 0.986. The Morgan fingerprint density at radius 1 is 1.21 bits per heavy atom. The molecule has 6 heteroatoms. The molecule has 2 heterocycles. The molecule has 3 aromatic rings. The second-order valence-electron chi connectivity index (χ2n) is 4.06. The Bertz CT molecular complexity index is 810. The average Bonchev–Trinajstić information content (AvgIpc) is 2.86. The van der Waals surface area contributed by atoms with E-state index in [9.17, 15) is 13.6 Å². The van der Waals surface area contributed by atoms with Crippen LogP contribution in [-0.2, 0) is 6.54 Å². The minimum absolute atomic E-state index is 0.164. The highest BCUT2D eigenvalue weighted by Crippen LogP contribution is 2.14. The van der Waals surface area contributed by atoms with Crippen molar-refractivity contribution < 1.29 is 8.78 Å². The van der Waals surface area contributed by atoms with Gasteiger partial charge in [-0.2, -0.15) is 0 Å². The fourth-order valence-electron chi connectivity index (χ4n) is 1.83. The fourth-order valence-corrected chi connectivity index (χ4v) is 2.62. The number of aromatic nitrogens is 2. The largest absolute Gasteiger partial charge is 0.294 e. The highest BCUT2D eigenvalue weighted by Gasteiger charge is 2.07. The maximum Gasteiger partial charge on any atom is 0.271 e. The molecule has 0 N–H and O–H groups in total. The lowest BCUT2D eigenvalue weighted by Crippen LogP contribution is -2.20. The highest BCUT2D eigenvalue weighted by molar-refractivity contribution is 7.17. The van der Waals surface area contributed by atoms with Crippen LogP contribution in [0, 0.1) is 11.6 Å². The molecule has 0 radical (unpaired) electrons. The number of halogens is 2. The first-order valence-corrected chi connectivity index (χ1v) is 6.40. The first kappa shape index (κ1) is 12.0. The van der Waals surface area contributed by atoms with Crippen LogP contribution >= 0.6 is 11.3 Å². The molecule has 0 saturated heterocycles. The van der Waals surface area contributed by atoms with E-state index in [4.69, 9.17) is 0 Å². The summed E-state index contributed by atoms with van der Waals surface area (Å²) in [6, 6.07) is 5.35. The lowest BCUT2D eigenvalue weighted by atomic mass is 10.2. The number of hydrogen-bond acceptors (Lipinski definition) is 3. The van der Waals surface area contributed by atoms with Crippen LogP contribution in [0.3, 0.4) is 0 Å². The first-order chi connectivity index (χ1) is 9.15. The van der Waals surface area contributed by atoms with Gasteiger partial charge in [-0.25, -0.2) is 13.8 Å². The van der Waals surface area contributed by atoms with E-state index in [1.807, 2.05) is 0 Å². The summed E-state index contributed by atoms with van der Waals surface area (Å²) in [6.07, 6.45) is 1.42. The van der Waals surface area contributed by atoms with Crippen molar-refractivity contribution in [2.45, 2.75) is 6.54 Å². The molecule has 0 aliphatic carbocycles. The minimum Gasteiger partial charge on any atom is -0.294 e. The summed E-state index contributed by atoms with van der Waals surface area (Å²) in [5.74, 6) is -1.82. The third-order valence-electron chi connectivity index (χ3n) is 2.77. The molecule has 0 bridgehead atoms. The van der Waals surface area contributed by atoms with Gasteiger partial charge in [-0.1, -0.05) is 6.07 Å². The van der Waals surface area contributed by atoms with Crippen LogP contribution in [0.1, 0.15) is 5.56 Å². The summed E-state index contributed by atoms with van der Waals surface area (Å²) >= 11 is 1.31. The van der Waals surface area contributed by atoms with Crippen molar-refractivity contribution in [2.24, 2.45) is 0 Å². The van der Waals surface area contributed by atoms with Gasteiger partial charge in [0.1, 0.15) is 4.70 Å². The van der Waals surface area contributed by atoms with Crippen LogP contribution in [0.15, 0.2) is 40.8 Å². The smallest absolute Gasteiger partial charge is 0.271 e. The average molecular weight is 278 g/mol. The zero-order valence-electron chi connectivity index (χ0n) is 9.64. The normalized spacial score (nSPS) is 11.1. The third-order valence-corrected chi connectivity index (χ3v) is 3.66. The molecule has 1 aromatic carbocycles. The van der Waals surface area contributed by atoms with Crippen molar-refractivity contribution in [1.82, 2.24) is 9.55 Å². The minimum atomic E-state index is -0.921. The van der Waals surface area contributed by atoms with Crippen LogP contribution < -0.4 is 5.56 Å². The van der Waals surface area contributed by atoms with E-state index in [1.54, 1.807) is 11.4 Å². The lowest BCUT2D eigenvalue weighted by molar-refractivity contribution is 0.506. The maximum absolute atomic E-state index is 13.1. The second kappa shape index (κ2) is 4.55. The molecule has 3 nitrogen and oxygen atoms in total. The van der Waals surface area contributed by atoms with Gasteiger partial charge >= 0.3 is 0 Å². The molecule has 0 amide bonds. The van der Waals surface area contributed by atoms with E-state index in [0.717, 1.165) is 12.1 Å². The molecule has 2 aromatic heterocycles. The molecule has 0 aliphatic heterocycles. The van der Waals surface area contributed by atoms with Gasteiger partial charge in [-0.15, -0.1) is 11.3 Å². The van der Waals surface area contributed by atoms with Crippen LogP contribution in [0.4, 0.5) is 8.78 Å². The summed E-state index contributed by atoms with van der Waals surface area (Å²) in [6.45, 7) is 0.164.